The SMILES string of the molecule is CCCc1nc(C(N)(COC)C2CC2)no1. The number of methoxy groups -OCH3 is 1. The van der Waals surface area contributed by atoms with E-state index >= 15 is 0 Å². The van der Waals surface area contributed by atoms with Crippen LogP contribution in [-0.4, -0.2) is 23.9 Å². The Morgan fingerprint density at radius 3 is 2.88 bits per heavy atom. The molecule has 0 radical (unpaired) electrons. The molecule has 90 valence electrons. The second-order valence-corrected chi connectivity index (χ2v) is 4.51. The van der Waals surface area contributed by atoms with E-state index in [0.717, 1.165) is 25.7 Å². The lowest BCUT2D eigenvalue weighted by atomic mass is 9.95. The largest absolute Gasteiger partial charge is 0.382 e. The molecule has 1 fully saturated rings. The van der Waals surface area contributed by atoms with Crippen molar-refractivity contribution in [2.24, 2.45) is 11.7 Å². The van der Waals surface area contributed by atoms with Gasteiger partial charge in [-0.2, -0.15) is 4.98 Å². The standard InChI is InChI=1S/C11H19N3O2/c1-3-4-9-13-10(14-16-9)11(12,7-15-2)8-5-6-8/h8H,3-7,12H2,1-2H3. The molecule has 1 aromatic rings. The molecule has 1 unspecified atom stereocenters. The second kappa shape index (κ2) is 4.51. The van der Waals surface area contributed by atoms with Crippen LogP contribution in [0.3, 0.4) is 0 Å². The van der Waals surface area contributed by atoms with E-state index in [-0.39, 0.29) is 0 Å². The van der Waals surface area contributed by atoms with Crippen LogP contribution >= 0.6 is 0 Å². The van der Waals surface area contributed by atoms with Crippen molar-refractivity contribution in [2.75, 3.05) is 13.7 Å². The zero-order valence-electron chi connectivity index (χ0n) is 9.90. The van der Waals surface area contributed by atoms with E-state index in [0.29, 0.717) is 24.2 Å². The predicted molar refractivity (Wildman–Crippen MR) is 58.8 cm³/mol. The Morgan fingerprint density at radius 1 is 1.56 bits per heavy atom. The summed E-state index contributed by atoms with van der Waals surface area (Å²) in [6, 6.07) is 0. The van der Waals surface area contributed by atoms with Crippen LogP contribution in [-0.2, 0) is 16.7 Å². The quantitative estimate of drug-likeness (QED) is 0.788. The van der Waals surface area contributed by atoms with Crippen LogP contribution in [0.25, 0.3) is 0 Å². The fraction of sp³-hybridized carbons (Fsp3) is 0.818. The highest BCUT2D eigenvalue weighted by molar-refractivity contribution is 5.11. The highest BCUT2D eigenvalue weighted by atomic mass is 16.5. The molecule has 2 rings (SSSR count). The molecule has 1 atom stereocenters. The number of ether oxygens (including phenoxy) is 1. The van der Waals surface area contributed by atoms with E-state index in [4.69, 9.17) is 15.0 Å². The molecule has 5 heteroatoms. The van der Waals surface area contributed by atoms with Gasteiger partial charge in [-0.05, 0) is 25.2 Å². The minimum absolute atomic E-state index is 0.430. The van der Waals surface area contributed by atoms with Crippen molar-refractivity contribution in [2.45, 2.75) is 38.1 Å². The fourth-order valence-electron chi connectivity index (χ4n) is 1.96. The maximum atomic E-state index is 6.33. The highest BCUT2D eigenvalue weighted by Gasteiger charge is 2.47. The topological polar surface area (TPSA) is 74.2 Å². The lowest BCUT2D eigenvalue weighted by Gasteiger charge is -2.24. The highest BCUT2D eigenvalue weighted by Crippen LogP contribution is 2.43. The molecule has 1 saturated carbocycles. The lowest BCUT2D eigenvalue weighted by molar-refractivity contribution is 0.112. The maximum absolute atomic E-state index is 6.33. The van der Waals surface area contributed by atoms with Gasteiger partial charge in [-0.3, -0.25) is 0 Å². The summed E-state index contributed by atoms with van der Waals surface area (Å²) < 4.78 is 10.4. The van der Waals surface area contributed by atoms with Crippen LogP contribution in [0.2, 0.25) is 0 Å². The van der Waals surface area contributed by atoms with Gasteiger partial charge in [0.15, 0.2) is 5.82 Å². The second-order valence-electron chi connectivity index (χ2n) is 4.51. The summed E-state index contributed by atoms with van der Waals surface area (Å²) in [5.41, 5.74) is 5.77. The zero-order valence-corrected chi connectivity index (χ0v) is 9.90. The first-order chi connectivity index (χ1) is 7.70. The smallest absolute Gasteiger partial charge is 0.226 e. The Bertz CT molecular complexity index is 349. The van der Waals surface area contributed by atoms with Gasteiger partial charge >= 0.3 is 0 Å². The van der Waals surface area contributed by atoms with Crippen molar-refractivity contribution in [3.8, 4) is 0 Å². The van der Waals surface area contributed by atoms with Gasteiger partial charge in [0, 0.05) is 13.5 Å². The monoisotopic (exact) mass is 225 g/mol. The molecule has 0 spiro atoms. The van der Waals surface area contributed by atoms with Crippen molar-refractivity contribution in [3.63, 3.8) is 0 Å². The van der Waals surface area contributed by atoms with E-state index < -0.39 is 5.54 Å². The number of hydrogen-bond donors (Lipinski definition) is 1. The molecule has 1 aliphatic rings. The number of rotatable bonds is 6. The minimum Gasteiger partial charge on any atom is -0.382 e. The molecule has 5 nitrogen and oxygen atoms in total. The summed E-state index contributed by atoms with van der Waals surface area (Å²) >= 11 is 0. The van der Waals surface area contributed by atoms with E-state index in [1.54, 1.807) is 7.11 Å². The van der Waals surface area contributed by atoms with Gasteiger partial charge in [0.05, 0.1) is 6.61 Å². The molecule has 0 aromatic carbocycles. The number of aromatic nitrogens is 2. The van der Waals surface area contributed by atoms with Gasteiger partial charge in [-0.15, -0.1) is 0 Å². The Morgan fingerprint density at radius 2 is 2.31 bits per heavy atom. The van der Waals surface area contributed by atoms with Crippen molar-refractivity contribution in [3.05, 3.63) is 11.7 Å². The van der Waals surface area contributed by atoms with Crippen LogP contribution in [0.15, 0.2) is 4.52 Å². The van der Waals surface area contributed by atoms with Crippen molar-refractivity contribution in [1.82, 2.24) is 10.1 Å². The van der Waals surface area contributed by atoms with Gasteiger partial charge in [0.2, 0.25) is 5.89 Å². The summed E-state index contributed by atoms with van der Waals surface area (Å²) in [4.78, 5) is 4.37. The third-order valence-electron chi connectivity index (χ3n) is 3.04. The summed E-state index contributed by atoms with van der Waals surface area (Å²) in [5, 5.41) is 4.00. The van der Waals surface area contributed by atoms with E-state index in [9.17, 15) is 0 Å². The third-order valence-corrected chi connectivity index (χ3v) is 3.04. The van der Waals surface area contributed by atoms with Crippen molar-refractivity contribution in [1.29, 1.82) is 0 Å². The van der Waals surface area contributed by atoms with E-state index in [1.165, 1.54) is 0 Å². The fourth-order valence-corrected chi connectivity index (χ4v) is 1.96. The molecular weight excluding hydrogens is 206 g/mol. The van der Waals surface area contributed by atoms with Crippen LogP contribution in [0.4, 0.5) is 0 Å². The number of hydrogen-bond acceptors (Lipinski definition) is 5. The molecular formula is C11H19N3O2. The first-order valence-electron chi connectivity index (χ1n) is 5.81. The van der Waals surface area contributed by atoms with Crippen LogP contribution in [0.1, 0.15) is 37.9 Å². The van der Waals surface area contributed by atoms with Gasteiger partial charge < -0.3 is 15.0 Å². The number of nitrogens with two attached hydrogens (primary N) is 1. The van der Waals surface area contributed by atoms with Gasteiger partial charge in [0.25, 0.3) is 0 Å². The van der Waals surface area contributed by atoms with Gasteiger partial charge in [-0.1, -0.05) is 12.1 Å². The van der Waals surface area contributed by atoms with E-state index in [1.807, 2.05) is 0 Å². The first kappa shape index (κ1) is 11.5. The van der Waals surface area contributed by atoms with Crippen LogP contribution in [0.5, 0.6) is 0 Å². The number of nitrogens with zero attached hydrogens (tertiary/aromatic N) is 2. The lowest BCUT2D eigenvalue weighted by Crippen LogP contribution is -2.44. The average Bonchev–Trinajstić information content (AvgIpc) is 3.01. The zero-order chi connectivity index (χ0) is 11.6. The van der Waals surface area contributed by atoms with Crippen molar-refractivity contribution < 1.29 is 9.26 Å². The Labute approximate surface area is 95.3 Å². The summed E-state index contributed by atoms with van der Waals surface area (Å²) in [6.45, 7) is 2.53. The predicted octanol–water partition coefficient (Wildman–Crippen LogP) is 1.23. The van der Waals surface area contributed by atoms with Gasteiger partial charge in [0.1, 0.15) is 5.54 Å². The molecule has 1 heterocycles. The first-order valence-corrected chi connectivity index (χ1v) is 5.81. The van der Waals surface area contributed by atoms with Crippen LogP contribution in [0, 0.1) is 5.92 Å². The molecule has 0 amide bonds. The summed E-state index contributed by atoms with van der Waals surface area (Å²) in [7, 11) is 1.65. The normalized spacial score (nSPS) is 19.7. The molecule has 1 aliphatic carbocycles. The van der Waals surface area contributed by atoms with E-state index in [2.05, 4.69) is 17.1 Å². The van der Waals surface area contributed by atoms with Crippen LogP contribution < -0.4 is 5.73 Å². The maximum Gasteiger partial charge on any atom is 0.226 e. The van der Waals surface area contributed by atoms with Crippen molar-refractivity contribution >= 4 is 0 Å². The number of aryl methyl sites for hydroxylation is 1. The molecule has 2 N–H and O–H groups in total. The molecule has 0 aliphatic heterocycles. The Hall–Kier alpha value is -0.940. The molecule has 0 saturated heterocycles. The summed E-state index contributed by atoms with van der Waals surface area (Å²) in [6.07, 6.45) is 4.04. The Kier molecular flexibility index (Phi) is 3.25. The average molecular weight is 225 g/mol. The minimum atomic E-state index is -0.565. The molecule has 1 aromatic heterocycles. The molecule has 16 heavy (non-hydrogen) atoms. The summed E-state index contributed by atoms with van der Waals surface area (Å²) in [5.74, 6) is 1.70. The van der Waals surface area contributed by atoms with Gasteiger partial charge in [-0.25, -0.2) is 0 Å². The molecule has 0 bridgehead atoms. The Balaban J connectivity index is 2.17. The third kappa shape index (κ3) is 2.10.